The van der Waals surface area contributed by atoms with E-state index < -0.39 is 12.0 Å². The van der Waals surface area contributed by atoms with Crippen molar-refractivity contribution in [2.24, 2.45) is 5.92 Å². The summed E-state index contributed by atoms with van der Waals surface area (Å²) in [6, 6.07) is 14.2. The van der Waals surface area contributed by atoms with E-state index in [4.69, 9.17) is 0 Å². The molecule has 3 rings (SSSR count). The fraction of sp³-hybridized carbons (Fsp3) is 0.158. The van der Waals surface area contributed by atoms with Crippen molar-refractivity contribution in [1.29, 1.82) is 0 Å². The number of carbonyl (C=O) groups is 2. The zero-order valence-electron chi connectivity index (χ0n) is 13.7. The average molecular weight is 400 g/mol. The van der Waals surface area contributed by atoms with E-state index >= 15 is 0 Å². The number of hydrogen-bond acceptors (Lipinski definition) is 2. The highest BCUT2D eigenvalue weighted by molar-refractivity contribution is 9.10. The number of amides is 3. The van der Waals surface area contributed by atoms with Crippen LogP contribution in [-0.2, 0) is 4.79 Å². The molecule has 1 aliphatic heterocycles. The van der Waals surface area contributed by atoms with Crippen LogP contribution in [0.2, 0.25) is 0 Å². The van der Waals surface area contributed by atoms with Gasteiger partial charge in [-0.2, -0.15) is 0 Å². The lowest BCUT2D eigenvalue weighted by atomic mass is 9.87. The fourth-order valence-corrected chi connectivity index (χ4v) is 3.15. The van der Waals surface area contributed by atoms with Crippen LogP contribution in [0.5, 0.6) is 0 Å². The molecule has 0 bridgehead atoms. The first-order valence-corrected chi connectivity index (χ1v) is 8.62. The molecule has 0 spiro atoms. The van der Waals surface area contributed by atoms with Gasteiger partial charge in [-0.3, -0.25) is 4.79 Å². The lowest BCUT2D eigenvalue weighted by Gasteiger charge is -2.34. The van der Waals surface area contributed by atoms with Crippen LogP contribution in [0.25, 0.3) is 0 Å². The molecule has 3 N–H and O–H groups in total. The Hall–Kier alpha value is -2.60. The van der Waals surface area contributed by atoms with Gasteiger partial charge in [-0.05, 0) is 36.8 Å². The number of benzene rings is 2. The van der Waals surface area contributed by atoms with Gasteiger partial charge >= 0.3 is 6.03 Å². The average Bonchev–Trinajstić information content (AvgIpc) is 2.56. The SMILES string of the molecule is C=C1NC(=O)N[C@@H](c2cccc(C)c2)[C@@H]1C(=O)Nc1ccc(Br)cc1. The summed E-state index contributed by atoms with van der Waals surface area (Å²) in [5.74, 6) is -0.852. The van der Waals surface area contributed by atoms with Crippen LogP contribution in [0, 0.1) is 12.8 Å². The molecule has 0 aliphatic carbocycles. The molecule has 2 atom stereocenters. The molecule has 5 nitrogen and oxygen atoms in total. The van der Waals surface area contributed by atoms with E-state index in [-0.39, 0.29) is 11.9 Å². The Bertz CT molecular complexity index is 833. The van der Waals surface area contributed by atoms with Crippen LogP contribution >= 0.6 is 15.9 Å². The molecule has 25 heavy (non-hydrogen) atoms. The third kappa shape index (κ3) is 3.91. The predicted molar refractivity (Wildman–Crippen MR) is 101 cm³/mol. The molecular weight excluding hydrogens is 382 g/mol. The molecule has 0 unspecified atom stereocenters. The Morgan fingerprint density at radius 1 is 1.20 bits per heavy atom. The molecule has 1 aliphatic rings. The summed E-state index contributed by atoms with van der Waals surface area (Å²) in [6.45, 7) is 5.85. The number of aryl methyl sites for hydroxylation is 1. The smallest absolute Gasteiger partial charge is 0.319 e. The van der Waals surface area contributed by atoms with Crippen molar-refractivity contribution in [3.05, 3.63) is 76.4 Å². The van der Waals surface area contributed by atoms with Crippen LogP contribution in [0.3, 0.4) is 0 Å². The Labute approximate surface area is 154 Å². The number of halogens is 1. The van der Waals surface area contributed by atoms with Crippen LogP contribution in [-0.4, -0.2) is 11.9 Å². The van der Waals surface area contributed by atoms with Gasteiger partial charge in [0.25, 0.3) is 0 Å². The molecule has 0 aromatic heterocycles. The summed E-state index contributed by atoms with van der Waals surface area (Å²) in [7, 11) is 0. The van der Waals surface area contributed by atoms with Crippen molar-refractivity contribution < 1.29 is 9.59 Å². The van der Waals surface area contributed by atoms with Crippen LogP contribution in [0.15, 0.2) is 65.3 Å². The molecule has 2 aromatic rings. The van der Waals surface area contributed by atoms with Gasteiger partial charge in [-0.1, -0.05) is 52.3 Å². The molecule has 2 aromatic carbocycles. The predicted octanol–water partition coefficient (Wildman–Crippen LogP) is 3.88. The van der Waals surface area contributed by atoms with E-state index in [1.165, 1.54) is 0 Å². The fourth-order valence-electron chi connectivity index (χ4n) is 2.89. The maximum Gasteiger partial charge on any atom is 0.319 e. The van der Waals surface area contributed by atoms with Crippen molar-refractivity contribution in [3.63, 3.8) is 0 Å². The highest BCUT2D eigenvalue weighted by Crippen LogP contribution is 2.31. The maximum absolute atomic E-state index is 12.9. The number of nitrogens with one attached hydrogen (secondary N) is 3. The molecule has 6 heteroatoms. The zero-order chi connectivity index (χ0) is 18.0. The van der Waals surface area contributed by atoms with Gasteiger partial charge < -0.3 is 16.0 Å². The summed E-state index contributed by atoms with van der Waals surface area (Å²) in [5.41, 5.74) is 2.99. The lowest BCUT2D eigenvalue weighted by molar-refractivity contribution is -0.119. The summed E-state index contributed by atoms with van der Waals surface area (Å²) in [5, 5.41) is 8.33. The Morgan fingerprint density at radius 2 is 1.92 bits per heavy atom. The zero-order valence-corrected chi connectivity index (χ0v) is 15.3. The minimum atomic E-state index is -0.622. The first-order valence-electron chi connectivity index (χ1n) is 7.83. The van der Waals surface area contributed by atoms with E-state index in [0.29, 0.717) is 11.4 Å². The van der Waals surface area contributed by atoms with E-state index in [0.717, 1.165) is 15.6 Å². The van der Waals surface area contributed by atoms with Gasteiger partial charge in [-0.25, -0.2) is 4.79 Å². The summed E-state index contributed by atoms with van der Waals surface area (Å²) >= 11 is 3.37. The molecule has 0 saturated carbocycles. The van der Waals surface area contributed by atoms with E-state index in [1.54, 1.807) is 12.1 Å². The van der Waals surface area contributed by atoms with E-state index in [1.807, 2.05) is 43.3 Å². The van der Waals surface area contributed by atoms with Gasteiger partial charge in [0.15, 0.2) is 0 Å². The van der Waals surface area contributed by atoms with Gasteiger partial charge in [-0.15, -0.1) is 0 Å². The topological polar surface area (TPSA) is 70.2 Å². The molecule has 128 valence electrons. The molecule has 3 amide bonds. The van der Waals surface area contributed by atoms with E-state index in [9.17, 15) is 9.59 Å². The first kappa shape index (κ1) is 17.2. The number of carbonyl (C=O) groups excluding carboxylic acids is 2. The Morgan fingerprint density at radius 3 is 2.60 bits per heavy atom. The summed E-state index contributed by atoms with van der Waals surface area (Å²) in [4.78, 5) is 24.7. The highest BCUT2D eigenvalue weighted by atomic mass is 79.9. The summed E-state index contributed by atoms with van der Waals surface area (Å²) in [6.07, 6.45) is 0. The Kier molecular flexibility index (Phi) is 4.90. The minimum absolute atomic E-state index is 0.230. The van der Waals surface area contributed by atoms with Crippen LogP contribution in [0.4, 0.5) is 10.5 Å². The second-order valence-corrected chi connectivity index (χ2v) is 6.90. The van der Waals surface area contributed by atoms with Crippen LogP contribution in [0.1, 0.15) is 17.2 Å². The molecule has 1 heterocycles. The maximum atomic E-state index is 12.9. The van der Waals surface area contributed by atoms with Crippen molar-refractivity contribution >= 4 is 33.6 Å². The minimum Gasteiger partial charge on any atom is -0.330 e. The summed E-state index contributed by atoms with van der Waals surface area (Å²) < 4.78 is 0.930. The number of hydrogen-bond donors (Lipinski definition) is 3. The highest BCUT2D eigenvalue weighted by Gasteiger charge is 2.37. The van der Waals surface area contributed by atoms with Crippen molar-refractivity contribution in [3.8, 4) is 0 Å². The Balaban J connectivity index is 1.89. The van der Waals surface area contributed by atoms with Gasteiger partial charge in [0.1, 0.15) is 5.92 Å². The third-order valence-electron chi connectivity index (χ3n) is 4.06. The van der Waals surface area contributed by atoms with E-state index in [2.05, 4.69) is 38.5 Å². The molecule has 1 fully saturated rings. The quantitative estimate of drug-likeness (QED) is 0.732. The van der Waals surface area contributed by atoms with Crippen molar-refractivity contribution in [1.82, 2.24) is 10.6 Å². The standard InChI is InChI=1S/C19H18BrN3O2/c1-11-4-3-5-13(10-11)17-16(12(2)21-19(25)23-17)18(24)22-15-8-6-14(20)7-9-15/h3-10,16-17H,2H2,1H3,(H,22,24)(H2,21,23,25)/t16-,17+/m1/s1. The van der Waals surface area contributed by atoms with Gasteiger partial charge in [0.2, 0.25) is 5.91 Å². The molecule has 1 saturated heterocycles. The number of rotatable bonds is 3. The first-order chi connectivity index (χ1) is 11.9. The number of anilines is 1. The van der Waals surface area contributed by atoms with Crippen molar-refractivity contribution in [2.75, 3.05) is 5.32 Å². The van der Waals surface area contributed by atoms with Gasteiger partial charge in [0, 0.05) is 15.9 Å². The third-order valence-corrected chi connectivity index (χ3v) is 4.59. The molecular formula is C19H18BrN3O2. The lowest BCUT2D eigenvalue weighted by Crippen LogP contribution is -2.51. The largest absolute Gasteiger partial charge is 0.330 e. The van der Waals surface area contributed by atoms with Crippen LogP contribution < -0.4 is 16.0 Å². The number of urea groups is 1. The normalized spacial score (nSPS) is 19.8. The second-order valence-electron chi connectivity index (χ2n) is 5.99. The monoisotopic (exact) mass is 399 g/mol. The van der Waals surface area contributed by atoms with Crippen molar-refractivity contribution in [2.45, 2.75) is 13.0 Å². The second kappa shape index (κ2) is 7.11. The molecule has 0 radical (unpaired) electrons. The van der Waals surface area contributed by atoms with Gasteiger partial charge in [0.05, 0.1) is 6.04 Å².